The van der Waals surface area contributed by atoms with E-state index in [9.17, 15) is 13.2 Å². The van der Waals surface area contributed by atoms with Gasteiger partial charge in [-0.25, -0.2) is 13.2 Å². The van der Waals surface area contributed by atoms with Crippen LogP contribution in [0.5, 0.6) is 0 Å². The Bertz CT molecular complexity index is 595. The van der Waals surface area contributed by atoms with Crippen molar-refractivity contribution in [2.45, 2.75) is 25.9 Å². The summed E-state index contributed by atoms with van der Waals surface area (Å²) in [6.45, 7) is 2.67. The summed E-state index contributed by atoms with van der Waals surface area (Å²) in [7, 11) is 1.63. The van der Waals surface area contributed by atoms with Crippen LogP contribution in [0.4, 0.5) is 13.2 Å². The first-order chi connectivity index (χ1) is 9.60. The van der Waals surface area contributed by atoms with Gasteiger partial charge in [0.2, 0.25) is 0 Å². The van der Waals surface area contributed by atoms with Crippen LogP contribution in [0.15, 0.2) is 24.4 Å². The molecular weight excluding hydrogens is 267 g/mol. The molecule has 3 nitrogen and oxygen atoms in total. The van der Waals surface area contributed by atoms with Crippen molar-refractivity contribution in [1.82, 2.24) is 15.1 Å². The van der Waals surface area contributed by atoms with E-state index < -0.39 is 23.5 Å². The Morgan fingerprint density at radius 1 is 1.20 bits per heavy atom. The van der Waals surface area contributed by atoms with Crippen LogP contribution < -0.4 is 5.32 Å². The zero-order valence-corrected chi connectivity index (χ0v) is 11.3. The number of benzene rings is 1. The fraction of sp³-hybridized carbons (Fsp3) is 0.357. The van der Waals surface area contributed by atoms with Gasteiger partial charge in [-0.05, 0) is 25.6 Å². The van der Waals surface area contributed by atoms with Gasteiger partial charge in [-0.3, -0.25) is 4.68 Å². The first kappa shape index (κ1) is 14.6. The van der Waals surface area contributed by atoms with Crippen LogP contribution in [0.3, 0.4) is 0 Å². The normalized spacial score (nSPS) is 12.7. The maximum Gasteiger partial charge on any atom is 0.194 e. The maximum atomic E-state index is 13.9. The van der Waals surface area contributed by atoms with E-state index in [2.05, 4.69) is 10.4 Å². The Morgan fingerprint density at radius 3 is 2.60 bits per heavy atom. The lowest BCUT2D eigenvalue weighted by Gasteiger charge is -2.19. The number of halogens is 3. The molecule has 1 N–H and O–H groups in total. The van der Waals surface area contributed by atoms with Crippen molar-refractivity contribution in [3.8, 4) is 0 Å². The maximum absolute atomic E-state index is 13.9. The molecule has 0 aliphatic carbocycles. The summed E-state index contributed by atoms with van der Waals surface area (Å²) in [5, 5.41) is 7.07. The third-order valence-electron chi connectivity index (χ3n) is 3.15. The van der Waals surface area contributed by atoms with Crippen LogP contribution >= 0.6 is 0 Å². The lowest BCUT2D eigenvalue weighted by molar-refractivity contribution is 0.431. The summed E-state index contributed by atoms with van der Waals surface area (Å²) >= 11 is 0. The van der Waals surface area contributed by atoms with Crippen LogP contribution in [-0.4, -0.2) is 16.8 Å². The minimum absolute atomic E-state index is 0.0595. The molecule has 0 aliphatic rings. The number of rotatable bonds is 5. The number of hydrogen-bond acceptors (Lipinski definition) is 2. The zero-order chi connectivity index (χ0) is 14.7. The number of nitrogens with zero attached hydrogens (tertiary/aromatic N) is 2. The average Bonchev–Trinajstić information content (AvgIpc) is 2.88. The Kier molecular flexibility index (Phi) is 4.44. The molecule has 20 heavy (non-hydrogen) atoms. The fourth-order valence-corrected chi connectivity index (χ4v) is 2.21. The van der Waals surface area contributed by atoms with Gasteiger partial charge in [0.25, 0.3) is 0 Å². The van der Waals surface area contributed by atoms with E-state index in [0.29, 0.717) is 12.2 Å². The van der Waals surface area contributed by atoms with E-state index in [1.807, 2.05) is 6.92 Å². The molecule has 2 rings (SSSR count). The van der Waals surface area contributed by atoms with Gasteiger partial charge in [0.15, 0.2) is 17.5 Å². The van der Waals surface area contributed by atoms with Gasteiger partial charge >= 0.3 is 0 Å². The summed E-state index contributed by atoms with van der Waals surface area (Å²) in [6.07, 6.45) is 2.47. The molecule has 0 aliphatic heterocycles. The van der Waals surface area contributed by atoms with Gasteiger partial charge in [-0.15, -0.1) is 0 Å². The number of nitrogens with one attached hydrogen (secondary N) is 1. The molecule has 0 saturated carbocycles. The molecule has 0 amide bonds. The lowest BCUT2D eigenvalue weighted by Crippen LogP contribution is -2.23. The van der Waals surface area contributed by atoms with Crippen molar-refractivity contribution in [3.05, 3.63) is 53.1 Å². The molecule has 0 saturated heterocycles. The molecule has 1 aromatic heterocycles. The predicted octanol–water partition coefficient (Wildman–Crippen LogP) is 3.02. The van der Waals surface area contributed by atoms with E-state index in [-0.39, 0.29) is 5.56 Å². The Balaban J connectivity index is 2.47. The highest BCUT2D eigenvalue weighted by Crippen LogP contribution is 2.26. The number of aromatic nitrogens is 2. The first-order valence-electron chi connectivity index (χ1n) is 6.42. The lowest BCUT2D eigenvalue weighted by atomic mass is 10.0. The van der Waals surface area contributed by atoms with Gasteiger partial charge in [-0.1, -0.05) is 13.0 Å². The molecule has 0 radical (unpaired) electrons. The molecule has 0 bridgehead atoms. The predicted molar refractivity (Wildman–Crippen MR) is 69.7 cm³/mol. The van der Waals surface area contributed by atoms with Crippen LogP contribution in [0.25, 0.3) is 0 Å². The molecule has 1 aromatic carbocycles. The second-order valence-corrected chi connectivity index (χ2v) is 4.47. The van der Waals surface area contributed by atoms with Crippen molar-refractivity contribution < 1.29 is 13.2 Å². The SMILES string of the molecule is CCCn1nccc1C(NC)c1ccc(F)c(F)c1F. The third-order valence-corrected chi connectivity index (χ3v) is 3.15. The van der Waals surface area contributed by atoms with Crippen molar-refractivity contribution in [2.24, 2.45) is 0 Å². The monoisotopic (exact) mass is 283 g/mol. The van der Waals surface area contributed by atoms with Crippen LogP contribution in [-0.2, 0) is 6.54 Å². The van der Waals surface area contributed by atoms with Crippen molar-refractivity contribution in [1.29, 1.82) is 0 Å². The van der Waals surface area contributed by atoms with Crippen LogP contribution in [0.1, 0.15) is 30.6 Å². The van der Waals surface area contributed by atoms with Gasteiger partial charge in [0.1, 0.15) is 0 Å². The van der Waals surface area contributed by atoms with E-state index >= 15 is 0 Å². The standard InChI is InChI=1S/C14H16F3N3/c1-3-8-20-11(6-7-19-20)14(18-2)9-4-5-10(15)13(17)12(9)16/h4-7,14,18H,3,8H2,1-2H3. The van der Waals surface area contributed by atoms with Crippen molar-refractivity contribution in [2.75, 3.05) is 7.05 Å². The second kappa shape index (κ2) is 6.09. The molecule has 0 spiro atoms. The highest BCUT2D eigenvalue weighted by molar-refractivity contribution is 5.30. The van der Waals surface area contributed by atoms with Gasteiger partial charge in [0.05, 0.1) is 11.7 Å². The molecule has 1 atom stereocenters. The van der Waals surface area contributed by atoms with Gasteiger partial charge in [0, 0.05) is 18.3 Å². The summed E-state index contributed by atoms with van der Waals surface area (Å²) in [4.78, 5) is 0. The summed E-state index contributed by atoms with van der Waals surface area (Å²) < 4.78 is 42.0. The summed E-state index contributed by atoms with van der Waals surface area (Å²) in [5.41, 5.74) is 0.767. The molecule has 108 valence electrons. The average molecular weight is 283 g/mol. The molecule has 0 fully saturated rings. The Labute approximate surface area is 115 Å². The van der Waals surface area contributed by atoms with E-state index in [0.717, 1.165) is 12.5 Å². The molecule has 1 unspecified atom stereocenters. The Hall–Kier alpha value is -1.82. The molecule has 1 heterocycles. The zero-order valence-electron chi connectivity index (χ0n) is 11.3. The topological polar surface area (TPSA) is 29.9 Å². The first-order valence-corrected chi connectivity index (χ1v) is 6.42. The number of aryl methyl sites for hydroxylation is 1. The molecule has 6 heteroatoms. The Morgan fingerprint density at radius 2 is 1.95 bits per heavy atom. The van der Waals surface area contributed by atoms with Gasteiger partial charge in [-0.2, -0.15) is 5.10 Å². The van der Waals surface area contributed by atoms with Crippen molar-refractivity contribution in [3.63, 3.8) is 0 Å². The fourth-order valence-electron chi connectivity index (χ4n) is 2.21. The summed E-state index contributed by atoms with van der Waals surface area (Å²) in [6, 6.07) is 3.33. The minimum Gasteiger partial charge on any atom is -0.308 e. The molecular formula is C14H16F3N3. The van der Waals surface area contributed by atoms with Crippen molar-refractivity contribution >= 4 is 0 Å². The largest absolute Gasteiger partial charge is 0.308 e. The quantitative estimate of drug-likeness (QED) is 0.855. The van der Waals surface area contributed by atoms with E-state index in [1.54, 1.807) is 24.0 Å². The minimum atomic E-state index is -1.45. The van der Waals surface area contributed by atoms with E-state index in [4.69, 9.17) is 0 Å². The smallest absolute Gasteiger partial charge is 0.194 e. The number of hydrogen-bond donors (Lipinski definition) is 1. The second-order valence-electron chi connectivity index (χ2n) is 4.47. The third kappa shape index (κ3) is 2.56. The van der Waals surface area contributed by atoms with Gasteiger partial charge < -0.3 is 5.32 Å². The van der Waals surface area contributed by atoms with Crippen LogP contribution in [0.2, 0.25) is 0 Å². The highest BCUT2D eigenvalue weighted by Gasteiger charge is 2.23. The molecule has 2 aromatic rings. The van der Waals surface area contributed by atoms with E-state index in [1.165, 1.54) is 6.07 Å². The summed E-state index contributed by atoms with van der Waals surface area (Å²) in [5.74, 6) is -3.82. The highest BCUT2D eigenvalue weighted by atomic mass is 19.2. The van der Waals surface area contributed by atoms with Crippen LogP contribution in [0, 0.1) is 17.5 Å².